The number of aromatic nitrogens is 1. The summed E-state index contributed by atoms with van der Waals surface area (Å²) in [5.74, 6) is 0. The van der Waals surface area contributed by atoms with Crippen molar-refractivity contribution >= 4 is 28.2 Å². The van der Waals surface area contributed by atoms with Gasteiger partial charge >= 0.3 is 0 Å². The van der Waals surface area contributed by atoms with Crippen molar-refractivity contribution in [2.75, 3.05) is 6.26 Å². The summed E-state index contributed by atoms with van der Waals surface area (Å²) in [4.78, 5) is 4.09. The molecule has 0 saturated heterocycles. The Balaban J connectivity index is 2.96. The van der Waals surface area contributed by atoms with Crippen LogP contribution in [0.15, 0.2) is 18.3 Å². The van der Waals surface area contributed by atoms with E-state index in [2.05, 4.69) is 4.98 Å². The highest BCUT2D eigenvalue weighted by Crippen LogP contribution is 2.10. The summed E-state index contributed by atoms with van der Waals surface area (Å²) in [6.45, 7) is 1.96. The standard InChI is InChI=1S/C8H9NS2/c1-6-5-7(3-4-9-6)8(10)11-2/h3-5H,1-2H3. The molecule has 0 aliphatic carbocycles. The Morgan fingerprint density at radius 3 is 2.91 bits per heavy atom. The summed E-state index contributed by atoms with van der Waals surface area (Å²) in [6.07, 6.45) is 3.77. The van der Waals surface area contributed by atoms with Crippen molar-refractivity contribution in [3.8, 4) is 0 Å². The average molecular weight is 183 g/mol. The highest BCUT2D eigenvalue weighted by atomic mass is 32.2. The maximum absolute atomic E-state index is 5.12. The van der Waals surface area contributed by atoms with Crippen molar-refractivity contribution in [2.45, 2.75) is 6.92 Å². The van der Waals surface area contributed by atoms with Crippen molar-refractivity contribution in [1.82, 2.24) is 4.98 Å². The molecule has 0 fully saturated rings. The molecule has 0 amide bonds. The maximum atomic E-state index is 5.12. The van der Waals surface area contributed by atoms with Crippen molar-refractivity contribution in [2.24, 2.45) is 0 Å². The molecule has 0 unspecified atom stereocenters. The highest BCUT2D eigenvalue weighted by Gasteiger charge is 1.97. The molecule has 0 N–H and O–H groups in total. The first-order valence-corrected chi connectivity index (χ1v) is 4.88. The largest absolute Gasteiger partial charge is 0.262 e. The molecule has 11 heavy (non-hydrogen) atoms. The highest BCUT2D eigenvalue weighted by molar-refractivity contribution is 8.23. The van der Waals surface area contributed by atoms with E-state index in [-0.39, 0.29) is 0 Å². The van der Waals surface area contributed by atoms with Gasteiger partial charge in [-0.3, -0.25) is 4.98 Å². The van der Waals surface area contributed by atoms with E-state index in [9.17, 15) is 0 Å². The smallest absolute Gasteiger partial charge is 0.0776 e. The second-order valence-electron chi connectivity index (χ2n) is 2.18. The van der Waals surface area contributed by atoms with Crippen LogP contribution < -0.4 is 0 Å². The minimum atomic E-state index is 0.926. The van der Waals surface area contributed by atoms with Gasteiger partial charge in [0.1, 0.15) is 0 Å². The van der Waals surface area contributed by atoms with E-state index >= 15 is 0 Å². The SMILES string of the molecule is CSC(=S)c1ccnc(C)c1. The Morgan fingerprint density at radius 2 is 2.36 bits per heavy atom. The fraction of sp³-hybridized carbons (Fsp3) is 0.250. The first-order valence-electron chi connectivity index (χ1n) is 3.25. The van der Waals surface area contributed by atoms with Crippen LogP contribution in [-0.4, -0.2) is 15.4 Å². The molecule has 0 aromatic carbocycles. The molecule has 0 atom stereocenters. The van der Waals surface area contributed by atoms with Crippen molar-refractivity contribution in [3.05, 3.63) is 29.6 Å². The number of aryl methyl sites for hydroxylation is 1. The van der Waals surface area contributed by atoms with Crippen LogP contribution in [0.1, 0.15) is 11.3 Å². The van der Waals surface area contributed by atoms with Crippen LogP contribution in [0.3, 0.4) is 0 Å². The topological polar surface area (TPSA) is 12.9 Å². The molecular weight excluding hydrogens is 174 g/mol. The van der Waals surface area contributed by atoms with Gasteiger partial charge in [0.2, 0.25) is 0 Å². The molecule has 0 spiro atoms. The summed E-state index contributed by atoms with van der Waals surface area (Å²) in [6, 6.07) is 3.94. The van der Waals surface area contributed by atoms with Crippen LogP contribution in [0, 0.1) is 6.92 Å². The minimum absolute atomic E-state index is 0.926. The molecule has 0 aliphatic heterocycles. The molecule has 1 aromatic rings. The maximum Gasteiger partial charge on any atom is 0.0776 e. The second kappa shape index (κ2) is 3.83. The monoisotopic (exact) mass is 183 g/mol. The first kappa shape index (κ1) is 8.68. The first-order chi connectivity index (χ1) is 5.24. The quantitative estimate of drug-likeness (QED) is 0.621. The summed E-state index contributed by atoms with van der Waals surface area (Å²) in [5, 5.41) is 0. The van der Waals surface area contributed by atoms with Crippen LogP contribution in [0.4, 0.5) is 0 Å². The summed E-state index contributed by atoms with van der Waals surface area (Å²) in [7, 11) is 0. The molecule has 0 radical (unpaired) electrons. The predicted molar refractivity (Wildman–Crippen MR) is 54.2 cm³/mol. The molecule has 0 bridgehead atoms. The van der Waals surface area contributed by atoms with E-state index in [1.165, 1.54) is 0 Å². The molecule has 1 aromatic heterocycles. The number of hydrogen-bond donors (Lipinski definition) is 0. The van der Waals surface area contributed by atoms with E-state index in [1.54, 1.807) is 18.0 Å². The van der Waals surface area contributed by atoms with E-state index in [4.69, 9.17) is 12.2 Å². The van der Waals surface area contributed by atoms with E-state index in [0.29, 0.717) is 0 Å². The van der Waals surface area contributed by atoms with Gasteiger partial charge in [0.05, 0.1) is 4.20 Å². The molecule has 3 heteroatoms. The molecule has 1 heterocycles. The Labute approximate surface area is 76.2 Å². The lowest BCUT2D eigenvalue weighted by molar-refractivity contribution is 1.20. The zero-order chi connectivity index (χ0) is 8.27. The number of rotatable bonds is 1. The average Bonchev–Trinajstić information content (AvgIpc) is 2.03. The lowest BCUT2D eigenvalue weighted by atomic mass is 10.2. The molecule has 0 saturated carbocycles. The zero-order valence-corrected chi connectivity index (χ0v) is 8.13. The van der Waals surface area contributed by atoms with E-state index in [1.807, 2.05) is 25.3 Å². The number of hydrogen-bond acceptors (Lipinski definition) is 3. The number of thioether (sulfide) groups is 1. The number of nitrogens with zero attached hydrogens (tertiary/aromatic N) is 1. The molecule has 58 valence electrons. The van der Waals surface area contributed by atoms with Crippen LogP contribution in [0.2, 0.25) is 0 Å². The molecular formula is C8H9NS2. The van der Waals surface area contributed by atoms with Gasteiger partial charge < -0.3 is 0 Å². The van der Waals surface area contributed by atoms with Gasteiger partial charge in [0.15, 0.2) is 0 Å². The van der Waals surface area contributed by atoms with Gasteiger partial charge in [-0.15, -0.1) is 11.8 Å². The lowest BCUT2D eigenvalue weighted by Gasteiger charge is -1.99. The summed E-state index contributed by atoms with van der Waals surface area (Å²) >= 11 is 6.71. The van der Waals surface area contributed by atoms with Gasteiger partial charge in [0, 0.05) is 17.5 Å². The van der Waals surface area contributed by atoms with Gasteiger partial charge in [-0.25, -0.2) is 0 Å². The second-order valence-corrected chi connectivity index (χ2v) is 3.66. The van der Waals surface area contributed by atoms with Gasteiger partial charge in [0.25, 0.3) is 0 Å². The minimum Gasteiger partial charge on any atom is -0.262 e. The van der Waals surface area contributed by atoms with Crippen LogP contribution >= 0.6 is 24.0 Å². The van der Waals surface area contributed by atoms with Crippen molar-refractivity contribution < 1.29 is 0 Å². The third kappa shape index (κ3) is 2.27. The molecule has 1 nitrogen and oxygen atoms in total. The molecule has 0 aliphatic rings. The Morgan fingerprint density at radius 1 is 1.64 bits per heavy atom. The van der Waals surface area contributed by atoms with Crippen LogP contribution in [0.5, 0.6) is 0 Å². The third-order valence-corrected chi connectivity index (χ3v) is 2.66. The van der Waals surface area contributed by atoms with Gasteiger partial charge in [-0.2, -0.15) is 0 Å². The summed E-state index contributed by atoms with van der Waals surface area (Å²) < 4.78 is 0.926. The van der Waals surface area contributed by atoms with Crippen molar-refractivity contribution in [1.29, 1.82) is 0 Å². The molecule has 1 rings (SSSR count). The lowest BCUT2D eigenvalue weighted by Crippen LogP contribution is -1.91. The van der Waals surface area contributed by atoms with E-state index < -0.39 is 0 Å². The van der Waals surface area contributed by atoms with Crippen LogP contribution in [-0.2, 0) is 0 Å². The summed E-state index contributed by atoms with van der Waals surface area (Å²) in [5.41, 5.74) is 2.11. The predicted octanol–water partition coefficient (Wildman–Crippen LogP) is 2.43. The fourth-order valence-electron chi connectivity index (χ4n) is 0.790. The van der Waals surface area contributed by atoms with Gasteiger partial charge in [-0.1, -0.05) is 12.2 Å². The normalized spacial score (nSPS) is 9.64. The van der Waals surface area contributed by atoms with Crippen molar-refractivity contribution in [3.63, 3.8) is 0 Å². The zero-order valence-electron chi connectivity index (χ0n) is 6.50. The Kier molecular flexibility index (Phi) is 3.02. The Hall–Kier alpha value is -0.410. The van der Waals surface area contributed by atoms with Gasteiger partial charge in [-0.05, 0) is 25.3 Å². The number of pyridine rings is 1. The van der Waals surface area contributed by atoms with Crippen LogP contribution in [0.25, 0.3) is 0 Å². The fourth-order valence-corrected chi connectivity index (χ4v) is 1.28. The third-order valence-electron chi connectivity index (χ3n) is 1.32. The van der Waals surface area contributed by atoms with E-state index in [0.717, 1.165) is 15.5 Å². The Bertz CT molecular complexity index is 271. The number of thiocarbonyl (C=S) groups is 1.